The molecule has 0 bridgehead atoms. The van der Waals surface area contributed by atoms with E-state index in [-0.39, 0.29) is 14.9 Å². The lowest BCUT2D eigenvalue weighted by Crippen LogP contribution is -1.97. The van der Waals surface area contributed by atoms with Gasteiger partial charge in [0.2, 0.25) is 0 Å². The largest absolute Gasteiger partial charge is 0.372 e. The molecule has 15 heavy (non-hydrogen) atoms. The summed E-state index contributed by atoms with van der Waals surface area (Å²) in [6.45, 7) is 2.29. The molecule has 0 saturated heterocycles. The summed E-state index contributed by atoms with van der Waals surface area (Å²) in [5, 5.41) is 13.7. The van der Waals surface area contributed by atoms with Gasteiger partial charge in [0.15, 0.2) is 14.8 Å². The van der Waals surface area contributed by atoms with Crippen molar-refractivity contribution >= 4 is 31.9 Å². The first kappa shape index (κ1) is 11.9. The van der Waals surface area contributed by atoms with E-state index >= 15 is 0 Å². The zero-order valence-electron chi connectivity index (χ0n) is 8.18. The number of hydrogen-bond donors (Lipinski definition) is 1. The van der Waals surface area contributed by atoms with Crippen LogP contribution in [0.15, 0.2) is 10.3 Å². The molecule has 0 aromatic carbocycles. The van der Waals surface area contributed by atoms with E-state index < -0.39 is 14.8 Å². The number of nitrogens with zero attached hydrogens (tertiary/aromatic N) is 1. The van der Waals surface area contributed by atoms with E-state index in [4.69, 9.17) is 0 Å². The first-order valence-corrected chi connectivity index (χ1v) is 6.79. The maximum atomic E-state index is 11.2. The number of thiophene rings is 1. The number of sulfone groups is 1. The van der Waals surface area contributed by atoms with Gasteiger partial charge in [-0.2, -0.15) is 0 Å². The number of nitro groups is 1. The second-order valence-electron chi connectivity index (χ2n) is 2.84. The number of hydrogen-bond acceptors (Lipinski definition) is 6. The average Bonchev–Trinajstić information content (AvgIpc) is 2.48. The van der Waals surface area contributed by atoms with E-state index in [1.807, 2.05) is 0 Å². The van der Waals surface area contributed by atoms with Gasteiger partial charge >= 0.3 is 5.69 Å². The van der Waals surface area contributed by atoms with Crippen molar-refractivity contribution in [1.29, 1.82) is 0 Å². The van der Waals surface area contributed by atoms with Gasteiger partial charge in [0.05, 0.1) is 4.92 Å². The molecule has 0 saturated carbocycles. The summed E-state index contributed by atoms with van der Waals surface area (Å²) in [5.74, 6) is 0. The van der Waals surface area contributed by atoms with Crippen molar-refractivity contribution in [2.75, 3.05) is 18.1 Å². The van der Waals surface area contributed by atoms with Crippen LogP contribution in [0, 0.1) is 10.1 Å². The molecule has 0 amide bonds. The Hall–Kier alpha value is -1.15. The van der Waals surface area contributed by atoms with Gasteiger partial charge in [-0.05, 0) is 6.92 Å². The van der Waals surface area contributed by atoms with Crippen molar-refractivity contribution in [2.45, 2.75) is 11.1 Å². The lowest BCUT2D eigenvalue weighted by Gasteiger charge is -1.96. The van der Waals surface area contributed by atoms with Crippen LogP contribution >= 0.6 is 11.3 Å². The van der Waals surface area contributed by atoms with Gasteiger partial charge in [-0.3, -0.25) is 10.1 Å². The lowest BCUT2D eigenvalue weighted by atomic mass is 10.5. The van der Waals surface area contributed by atoms with Crippen molar-refractivity contribution in [1.82, 2.24) is 0 Å². The van der Waals surface area contributed by atoms with E-state index in [1.54, 1.807) is 6.92 Å². The van der Waals surface area contributed by atoms with Crippen molar-refractivity contribution in [3.63, 3.8) is 0 Å². The second-order valence-corrected chi connectivity index (χ2v) is 6.13. The van der Waals surface area contributed by atoms with Gasteiger partial charge in [-0.25, -0.2) is 8.42 Å². The molecule has 0 aliphatic rings. The summed E-state index contributed by atoms with van der Waals surface area (Å²) in [7, 11) is -3.38. The van der Waals surface area contributed by atoms with Crippen LogP contribution in [-0.4, -0.2) is 26.1 Å². The molecule has 0 aliphatic heterocycles. The molecule has 6 nitrogen and oxygen atoms in total. The van der Waals surface area contributed by atoms with Gasteiger partial charge in [-0.15, -0.1) is 0 Å². The molecule has 1 N–H and O–H groups in total. The molecule has 1 heterocycles. The predicted molar refractivity (Wildman–Crippen MR) is 58.2 cm³/mol. The number of nitrogens with one attached hydrogen (secondary N) is 1. The normalized spacial score (nSPS) is 11.3. The van der Waals surface area contributed by atoms with Crippen LogP contribution in [0.5, 0.6) is 0 Å². The Morgan fingerprint density at radius 1 is 1.60 bits per heavy atom. The monoisotopic (exact) mass is 250 g/mol. The Bertz CT molecular complexity index is 477. The summed E-state index contributed by atoms with van der Waals surface area (Å²) in [4.78, 5) is 10.0. The molecule has 1 rings (SSSR count). The molecule has 0 radical (unpaired) electrons. The quantitative estimate of drug-likeness (QED) is 0.646. The summed E-state index contributed by atoms with van der Waals surface area (Å²) in [5.41, 5.74) is -0.192. The van der Waals surface area contributed by atoms with Gasteiger partial charge in [0.25, 0.3) is 0 Å². The Balaban J connectivity index is 3.27. The third-order valence-electron chi connectivity index (χ3n) is 1.59. The smallest absolute Gasteiger partial charge is 0.304 e. The SMILES string of the molecule is CCNc1sc(S(C)(=O)=O)cc1[N+](=O)[O-]. The highest BCUT2D eigenvalue weighted by Crippen LogP contribution is 2.36. The standard InChI is InChI=1S/C7H10N2O4S2/c1-3-8-7-5(9(10)11)4-6(14-7)15(2,12)13/h4,8H,3H2,1-2H3. The van der Waals surface area contributed by atoms with E-state index in [2.05, 4.69) is 5.32 Å². The minimum atomic E-state index is -3.38. The minimum Gasteiger partial charge on any atom is -0.372 e. The fraction of sp³-hybridized carbons (Fsp3) is 0.429. The summed E-state index contributed by atoms with van der Waals surface area (Å²) in [6.07, 6.45) is 1.03. The first-order valence-electron chi connectivity index (χ1n) is 4.08. The maximum absolute atomic E-state index is 11.2. The highest BCUT2D eigenvalue weighted by Gasteiger charge is 2.22. The van der Waals surface area contributed by atoms with Crippen molar-refractivity contribution in [3.8, 4) is 0 Å². The van der Waals surface area contributed by atoms with E-state index in [9.17, 15) is 18.5 Å². The third-order valence-corrected chi connectivity index (χ3v) is 4.47. The molecule has 0 spiro atoms. The fourth-order valence-corrected chi connectivity index (χ4v) is 2.97. The van der Waals surface area contributed by atoms with E-state index in [1.165, 1.54) is 0 Å². The number of anilines is 1. The Morgan fingerprint density at radius 2 is 2.20 bits per heavy atom. The van der Waals surface area contributed by atoms with Gasteiger partial charge in [0.1, 0.15) is 4.21 Å². The maximum Gasteiger partial charge on any atom is 0.304 e. The number of rotatable bonds is 4. The van der Waals surface area contributed by atoms with Gasteiger partial charge in [-0.1, -0.05) is 11.3 Å². The molecule has 8 heteroatoms. The Kier molecular flexibility index (Phi) is 3.30. The lowest BCUT2D eigenvalue weighted by molar-refractivity contribution is -0.383. The van der Waals surface area contributed by atoms with E-state index in [0.717, 1.165) is 23.7 Å². The van der Waals surface area contributed by atoms with Crippen molar-refractivity contribution in [3.05, 3.63) is 16.2 Å². The zero-order valence-corrected chi connectivity index (χ0v) is 9.81. The Labute approximate surface area is 91.0 Å². The molecule has 0 fully saturated rings. The van der Waals surface area contributed by atoms with Gasteiger partial charge < -0.3 is 5.32 Å². The molecule has 0 atom stereocenters. The molecular weight excluding hydrogens is 240 g/mol. The molecular formula is C7H10N2O4S2. The fourth-order valence-electron chi connectivity index (χ4n) is 0.965. The Morgan fingerprint density at radius 3 is 2.60 bits per heavy atom. The predicted octanol–water partition coefficient (Wildman–Crippen LogP) is 1.49. The molecule has 0 aliphatic carbocycles. The zero-order chi connectivity index (χ0) is 11.6. The van der Waals surface area contributed by atoms with Crippen LogP contribution in [0.25, 0.3) is 0 Å². The van der Waals surface area contributed by atoms with Crippen molar-refractivity contribution in [2.24, 2.45) is 0 Å². The van der Waals surface area contributed by atoms with Crippen LogP contribution in [-0.2, 0) is 9.84 Å². The minimum absolute atomic E-state index is 0.00477. The van der Waals surface area contributed by atoms with Crippen molar-refractivity contribution < 1.29 is 13.3 Å². The molecule has 0 unspecified atom stereocenters. The highest BCUT2D eigenvalue weighted by molar-refractivity contribution is 7.92. The first-order chi connectivity index (χ1) is 6.86. The van der Waals surface area contributed by atoms with Crippen LogP contribution in [0.4, 0.5) is 10.7 Å². The summed E-state index contributed by atoms with van der Waals surface area (Å²) >= 11 is 0.879. The highest BCUT2D eigenvalue weighted by atomic mass is 32.2. The molecule has 1 aromatic rings. The summed E-state index contributed by atoms with van der Waals surface area (Å²) in [6, 6.07) is 1.08. The van der Waals surface area contributed by atoms with E-state index in [0.29, 0.717) is 6.54 Å². The average molecular weight is 250 g/mol. The topological polar surface area (TPSA) is 89.3 Å². The second kappa shape index (κ2) is 4.15. The molecule has 84 valence electrons. The molecule has 1 aromatic heterocycles. The van der Waals surface area contributed by atoms with Crippen LogP contribution in [0.3, 0.4) is 0 Å². The van der Waals surface area contributed by atoms with Gasteiger partial charge in [0, 0.05) is 18.9 Å². The van der Waals surface area contributed by atoms with Crippen LogP contribution in [0.2, 0.25) is 0 Å². The summed E-state index contributed by atoms with van der Waals surface area (Å²) < 4.78 is 22.4. The van der Waals surface area contributed by atoms with Crippen LogP contribution in [0.1, 0.15) is 6.92 Å². The van der Waals surface area contributed by atoms with Crippen LogP contribution < -0.4 is 5.32 Å². The third kappa shape index (κ3) is 2.66.